The maximum absolute atomic E-state index is 12.7. The molecule has 0 unspecified atom stereocenters. The molecule has 0 bridgehead atoms. The Labute approximate surface area is 141 Å². The summed E-state index contributed by atoms with van der Waals surface area (Å²) in [4.78, 5) is 22.9. The summed E-state index contributed by atoms with van der Waals surface area (Å²) in [6.07, 6.45) is 5.99. The number of amides is 1. The molecule has 2 N–H and O–H groups in total. The number of carbonyl (C=O) groups is 1. The van der Waals surface area contributed by atoms with Crippen LogP contribution in [0.1, 0.15) is 48.9 Å². The molecule has 0 aromatic heterocycles. The van der Waals surface area contributed by atoms with Crippen LogP contribution < -0.4 is 5.43 Å². The van der Waals surface area contributed by atoms with Crippen LogP contribution in [-0.4, -0.2) is 45.8 Å². The second-order valence-corrected chi connectivity index (χ2v) is 6.92. The second-order valence-electron chi connectivity index (χ2n) is 6.92. The van der Waals surface area contributed by atoms with Gasteiger partial charge in [0.05, 0.1) is 4.92 Å². The quantitative estimate of drug-likeness (QED) is 0.501. The molecule has 24 heavy (non-hydrogen) atoms. The number of nitro groups is 1. The van der Waals surface area contributed by atoms with Crippen molar-refractivity contribution in [2.75, 3.05) is 13.1 Å². The fraction of sp³-hybridized carbons (Fsp3) is 0.588. The van der Waals surface area contributed by atoms with E-state index in [9.17, 15) is 20.0 Å². The lowest BCUT2D eigenvalue weighted by atomic mass is 9.93. The topological polar surface area (TPSA) is 92.5 Å². The number of nitrogens with one attached hydrogen (secondary N) is 1. The third-order valence-corrected chi connectivity index (χ3v) is 5.34. The van der Waals surface area contributed by atoms with E-state index in [0.717, 1.165) is 32.2 Å². The first-order chi connectivity index (χ1) is 11.5. The zero-order valence-electron chi connectivity index (χ0n) is 13.7. The van der Waals surface area contributed by atoms with Crippen LogP contribution in [0.15, 0.2) is 24.3 Å². The van der Waals surface area contributed by atoms with Gasteiger partial charge in [0.1, 0.15) is 25.2 Å². The van der Waals surface area contributed by atoms with Gasteiger partial charge in [0.15, 0.2) is 0 Å². The summed E-state index contributed by atoms with van der Waals surface area (Å²) < 4.78 is 0.441. The van der Waals surface area contributed by atoms with E-state index in [1.54, 1.807) is 0 Å². The number of hydrogen-bond donors (Lipinski definition) is 2. The highest BCUT2D eigenvalue weighted by Crippen LogP contribution is 2.31. The van der Waals surface area contributed by atoms with Gasteiger partial charge in [-0.25, -0.2) is 4.59 Å². The van der Waals surface area contributed by atoms with E-state index in [4.69, 9.17) is 0 Å². The van der Waals surface area contributed by atoms with E-state index in [1.807, 2.05) is 0 Å². The van der Waals surface area contributed by atoms with Crippen LogP contribution in [0.3, 0.4) is 0 Å². The number of rotatable bonds is 4. The van der Waals surface area contributed by atoms with E-state index in [1.165, 1.54) is 30.7 Å². The van der Waals surface area contributed by atoms with E-state index < -0.39 is 4.92 Å². The highest BCUT2D eigenvalue weighted by molar-refractivity contribution is 5.93. The maximum atomic E-state index is 12.7. The fourth-order valence-corrected chi connectivity index (χ4v) is 4.04. The van der Waals surface area contributed by atoms with Gasteiger partial charge < -0.3 is 5.11 Å². The largest absolute Gasteiger partial charge is 0.387 e. The Kier molecular flexibility index (Phi) is 4.82. The summed E-state index contributed by atoms with van der Waals surface area (Å²) in [5.74, 6) is -0.232. The summed E-state index contributed by atoms with van der Waals surface area (Å²) in [7, 11) is 0. The first-order valence-electron chi connectivity index (χ1n) is 8.62. The van der Waals surface area contributed by atoms with Crippen molar-refractivity contribution in [2.45, 2.75) is 50.7 Å². The average molecular weight is 334 g/mol. The molecule has 1 aliphatic heterocycles. The third-order valence-electron chi connectivity index (χ3n) is 5.34. The minimum Gasteiger partial charge on any atom is -0.387 e. The molecule has 2 fully saturated rings. The zero-order valence-corrected chi connectivity index (χ0v) is 13.7. The number of nitrogens with zero attached hydrogens (tertiary/aromatic N) is 2. The second kappa shape index (κ2) is 6.86. The molecule has 1 heterocycles. The normalized spacial score (nSPS) is 27.8. The van der Waals surface area contributed by atoms with E-state index in [-0.39, 0.29) is 17.7 Å². The van der Waals surface area contributed by atoms with Crippen molar-refractivity contribution in [1.29, 1.82) is 0 Å². The number of likely N-dealkylation sites (tertiary alicyclic amines) is 1. The molecule has 3 rings (SSSR count). The van der Waals surface area contributed by atoms with Gasteiger partial charge in [-0.1, -0.05) is 6.42 Å². The zero-order chi connectivity index (χ0) is 17.2. The van der Waals surface area contributed by atoms with Crippen LogP contribution >= 0.6 is 0 Å². The average Bonchev–Trinajstić information content (AvgIpc) is 2.97. The van der Waals surface area contributed by atoms with Crippen LogP contribution in [0, 0.1) is 10.1 Å². The van der Waals surface area contributed by atoms with Crippen molar-refractivity contribution in [1.82, 2.24) is 5.43 Å². The number of hydrogen-bond acceptors (Lipinski definition) is 4. The summed E-state index contributed by atoms with van der Waals surface area (Å²) in [6, 6.07) is 6.00. The minimum atomic E-state index is -0.478. The van der Waals surface area contributed by atoms with Gasteiger partial charge in [0.25, 0.3) is 11.6 Å². The summed E-state index contributed by atoms with van der Waals surface area (Å²) in [5.41, 5.74) is 3.51. The monoisotopic (exact) mass is 334 g/mol. The smallest absolute Gasteiger partial charge is 0.295 e. The molecule has 1 aromatic carbocycles. The molecule has 7 nitrogen and oxygen atoms in total. The van der Waals surface area contributed by atoms with E-state index in [0.29, 0.717) is 29.2 Å². The van der Waals surface area contributed by atoms with Gasteiger partial charge in [0.2, 0.25) is 0 Å². The Hall–Kier alpha value is -1.99. The van der Waals surface area contributed by atoms with Crippen LogP contribution in [0.25, 0.3) is 0 Å². The lowest BCUT2D eigenvalue weighted by Gasteiger charge is -2.42. The number of nitro benzene ring substituents is 1. The van der Waals surface area contributed by atoms with Crippen molar-refractivity contribution in [3.8, 4) is 0 Å². The summed E-state index contributed by atoms with van der Waals surface area (Å²) in [6.45, 7) is 1.29. The molecule has 0 radical (unpaired) electrons. The predicted molar refractivity (Wildman–Crippen MR) is 88.1 cm³/mol. The number of aliphatic hydroxyl groups is 1. The Balaban J connectivity index is 1.77. The van der Waals surface area contributed by atoms with Gasteiger partial charge in [-0.2, -0.15) is 5.43 Å². The minimum absolute atomic E-state index is 0.0284. The third kappa shape index (κ3) is 3.42. The van der Waals surface area contributed by atoms with Crippen molar-refractivity contribution in [3.63, 3.8) is 0 Å². The van der Waals surface area contributed by atoms with Crippen molar-refractivity contribution in [3.05, 3.63) is 39.9 Å². The van der Waals surface area contributed by atoms with Crippen LogP contribution in [-0.2, 0) is 0 Å². The first kappa shape index (κ1) is 16.9. The molecule has 0 spiro atoms. The van der Waals surface area contributed by atoms with Crippen molar-refractivity contribution >= 4 is 11.6 Å². The van der Waals surface area contributed by atoms with Crippen LogP contribution in [0.5, 0.6) is 0 Å². The number of aliphatic hydroxyl groups excluding tert-OH is 1. The van der Waals surface area contributed by atoms with Gasteiger partial charge in [-0.3, -0.25) is 14.9 Å². The molecule has 1 aliphatic carbocycles. The standard InChI is InChI=1S/C17H23N3O4/c21-16-10-11-20(12-16,15-4-2-1-3-5-15)18-17(22)13-6-8-14(9-7-13)19(23)24/h6-9,15-16,21H,1-5,10-12H2/p+1/t16-,20+/m1/s1. The molecular formula is C17H24N3O4+. The van der Waals surface area contributed by atoms with Gasteiger partial charge in [-0.05, 0) is 25.0 Å². The highest BCUT2D eigenvalue weighted by atomic mass is 16.6. The highest BCUT2D eigenvalue weighted by Gasteiger charge is 2.46. The van der Waals surface area contributed by atoms with Crippen LogP contribution in [0.2, 0.25) is 0 Å². The van der Waals surface area contributed by atoms with Crippen molar-refractivity contribution < 1.29 is 19.4 Å². The van der Waals surface area contributed by atoms with E-state index >= 15 is 0 Å². The molecule has 1 amide bonds. The SMILES string of the molecule is O=C(N[N@@+]1(C2CCCCC2)CC[C@@H](O)C1)c1ccc([N+](=O)[O-])cc1. The number of quaternary nitrogens is 1. The molecule has 1 aromatic rings. The van der Waals surface area contributed by atoms with Crippen molar-refractivity contribution in [2.24, 2.45) is 0 Å². The Bertz CT molecular complexity index is 613. The number of non-ortho nitro benzene ring substituents is 1. The molecule has 130 valence electrons. The fourth-order valence-electron chi connectivity index (χ4n) is 4.04. The lowest BCUT2D eigenvalue weighted by Crippen LogP contribution is -2.64. The molecule has 2 atom stereocenters. The molecule has 1 saturated heterocycles. The number of carbonyl (C=O) groups excluding carboxylic acids is 1. The van der Waals surface area contributed by atoms with Crippen LogP contribution in [0.4, 0.5) is 5.69 Å². The summed E-state index contributed by atoms with van der Waals surface area (Å²) >= 11 is 0. The predicted octanol–water partition coefficient (Wildman–Crippen LogP) is 2.15. The van der Waals surface area contributed by atoms with Gasteiger partial charge in [-0.15, -0.1) is 0 Å². The Morgan fingerprint density at radius 2 is 1.83 bits per heavy atom. The maximum Gasteiger partial charge on any atom is 0.295 e. The van der Waals surface area contributed by atoms with Gasteiger partial charge in [0, 0.05) is 37.0 Å². The molecule has 2 aliphatic rings. The van der Waals surface area contributed by atoms with Gasteiger partial charge >= 0.3 is 0 Å². The molecule has 7 heteroatoms. The molecular weight excluding hydrogens is 310 g/mol. The summed E-state index contributed by atoms with van der Waals surface area (Å²) in [5, 5.41) is 20.8. The van der Waals surface area contributed by atoms with E-state index in [2.05, 4.69) is 5.43 Å². The first-order valence-corrected chi connectivity index (χ1v) is 8.62. The number of benzene rings is 1. The Morgan fingerprint density at radius 3 is 2.38 bits per heavy atom. The Morgan fingerprint density at radius 1 is 1.17 bits per heavy atom. The lowest BCUT2D eigenvalue weighted by molar-refractivity contribution is -0.974. The molecule has 1 saturated carbocycles.